The van der Waals surface area contributed by atoms with E-state index in [1.54, 1.807) is 12.1 Å². The summed E-state index contributed by atoms with van der Waals surface area (Å²) < 4.78 is 67.1. The number of benzene rings is 1. The molecule has 258 valence electrons. The van der Waals surface area contributed by atoms with Crippen LogP contribution in [0.2, 0.25) is 0 Å². The summed E-state index contributed by atoms with van der Waals surface area (Å²) in [6.07, 6.45) is 3.23. The predicted molar refractivity (Wildman–Crippen MR) is 187 cm³/mol. The molecule has 1 aromatic heterocycles. The highest BCUT2D eigenvalue weighted by Gasteiger charge is 2.39. The van der Waals surface area contributed by atoms with Crippen molar-refractivity contribution in [3.63, 3.8) is 0 Å². The zero-order valence-electron chi connectivity index (χ0n) is 29.0. The van der Waals surface area contributed by atoms with Crippen molar-refractivity contribution in [2.24, 2.45) is 16.6 Å². The molecular formula is C35H53F5N5P. The second kappa shape index (κ2) is 17.9. The van der Waals surface area contributed by atoms with Gasteiger partial charge in [0.2, 0.25) is 0 Å². The molecule has 2 N–H and O–H groups in total. The van der Waals surface area contributed by atoms with Crippen molar-refractivity contribution in [1.29, 1.82) is 0 Å². The fourth-order valence-corrected chi connectivity index (χ4v) is 5.40. The molecule has 0 bridgehead atoms. The van der Waals surface area contributed by atoms with E-state index in [1.165, 1.54) is 6.20 Å². The normalized spacial score (nSPS) is 15.2. The van der Waals surface area contributed by atoms with E-state index < -0.39 is 30.7 Å². The predicted octanol–water partition coefficient (Wildman–Crippen LogP) is 9.00. The average Bonchev–Trinajstić information content (AvgIpc) is 3.44. The number of rotatable bonds is 11. The quantitative estimate of drug-likeness (QED) is 0.112. The lowest BCUT2D eigenvalue weighted by atomic mass is 9.97. The van der Waals surface area contributed by atoms with Crippen molar-refractivity contribution < 1.29 is 22.0 Å². The molecule has 0 spiro atoms. The van der Waals surface area contributed by atoms with Crippen LogP contribution in [-0.2, 0) is 18.8 Å². The molecule has 0 radical (unpaired) electrons. The molecule has 2 aromatic rings. The Labute approximate surface area is 275 Å². The van der Waals surface area contributed by atoms with Gasteiger partial charge in [0.05, 0.1) is 11.2 Å². The minimum atomic E-state index is -3.49. The van der Waals surface area contributed by atoms with Crippen LogP contribution in [0.25, 0.3) is 11.3 Å². The maximum Gasteiger partial charge on any atom is 0.300 e. The monoisotopic (exact) mass is 669 g/mol. The Kier molecular flexibility index (Phi) is 16.0. The van der Waals surface area contributed by atoms with Gasteiger partial charge in [0, 0.05) is 64.9 Å². The highest BCUT2D eigenvalue weighted by molar-refractivity contribution is 7.27. The number of nitrogens with zero attached hydrogens (tertiary/aromatic N) is 4. The number of nitrogens with two attached hydrogens (primary N) is 1. The molecule has 46 heavy (non-hydrogen) atoms. The summed E-state index contributed by atoms with van der Waals surface area (Å²) in [5.74, 6) is -2.57. The number of hydrogen-bond donors (Lipinski definition) is 1. The minimum Gasteiger partial charge on any atom is -0.360 e. The second-order valence-corrected chi connectivity index (χ2v) is 12.5. The number of halogens is 5. The number of imidazole rings is 1. The molecule has 2 heterocycles. The smallest absolute Gasteiger partial charge is 0.300 e. The van der Waals surface area contributed by atoms with Crippen molar-refractivity contribution in [3.05, 3.63) is 71.7 Å². The second-order valence-electron chi connectivity index (χ2n) is 11.9. The zero-order chi connectivity index (χ0) is 35.6. The van der Waals surface area contributed by atoms with Crippen molar-refractivity contribution >= 4 is 20.3 Å². The van der Waals surface area contributed by atoms with Crippen LogP contribution in [0.1, 0.15) is 91.7 Å². The number of hydrogen-bond acceptors (Lipinski definition) is 4. The number of allylic oxidation sites excluding steroid dienone is 2. The van der Waals surface area contributed by atoms with E-state index >= 15 is 0 Å². The van der Waals surface area contributed by atoms with Gasteiger partial charge in [0.15, 0.2) is 6.67 Å². The molecule has 0 amide bonds. The van der Waals surface area contributed by atoms with Crippen molar-refractivity contribution in [2.45, 2.75) is 99.3 Å². The summed E-state index contributed by atoms with van der Waals surface area (Å²) in [5, 5.41) is 0.350. The number of aliphatic imine (C=N–C) groups is 1. The van der Waals surface area contributed by atoms with Gasteiger partial charge in [-0.1, -0.05) is 54.7 Å². The third-order valence-corrected chi connectivity index (χ3v) is 8.47. The molecule has 5 nitrogen and oxygen atoms in total. The molecule has 1 aromatic carbocycles. The first kappa shape index (κ1) is 41.2. The lowest BCUT2D eigenvalue weighted by Gasteiger charge is -2.45. The fraction of sp³-hybridized carbons (Fsp3) is 0.543. The molecule has 0 saturated heterocycles. The van der Waals surface area contributed by atoms with Gasteiger partial charge >= 0.3 is 5.92 Å². The molecule has 2 atom stereocenters. The Morgan fingerprint density at radius 1 is 1.17 bits per heavy atom. The molecule has 1 aliphatic rings. The number of fused-ring (bicyclic) bond motifs is 1. The van der Waals surface area contributed by atoms with E-state index in [-0.39, 0.29) is 17.0 Å². The Bertz CT molecular complexity index is 1390. The van der Waals surface area contributed by atoms with E-state index in [1.807, 2.05) is 34.6 Å². The third kappa shape index (κ3) is 9.60. The van der Waals surface area contributed by atoms with Crippen LogP contribution in [0.4, 0.5) is 22.0 Å². The maximum atomic E-state index is 14.2. The zero-order valence-corrected chi connectivity index (χ0v) is 30.1. The van der Waals surface area contributed by atoms with Gasteiger partial charge in [-0.05, 0) is 57.2 Å². The topological polar surface area (TPSA) is 59.4 Å². The maximum absolute atomic E-state index is 14.2. The lowest BCUT2D eigenvalue weighted by Crippen LogP contribution is -2.49. The van der Waals surface area contributed by atoms with Crippen molar-refractivity contribution in [3.8, 4) is 11.3 Å². The van der Waals surface area contributed by atoms with Gasteiger partial charge in [-0.25, -0.2) is 18.2 Å². The molecule has 0 saturated carbocycles. The summed E-state index contributed by atoms with van der Waals surface area (Å²) in [6.45, 7) is 24.9. The summed E-state index contributed by atoms with van der Waals surface area (Å²) in [6, 6.07) is 3.30. The van der Waals surface area contributed by atoms with Crippen LogP contribution in [-0.4, -0.2) is 45.8 Å². The SMILES string of the molecule is C=C(/C=C\N=C(C)C(C)CC)C(F)(F)CF.C=C(CN)N1CCn2c(nc(-c3cc(P)c(F)c(CF)c3)c2C(C)C)C1(C)C.CC. The first-order valence-corrected chi connectivity index (χ1v) is 16.3. The molecule has 1 aliphatic heterocycles. The van der Waals surface area contributed by atoms with E-state index in [2.05, 4.69) is 64.6 Å². The Morgan fingerprint density at radius 2 is 1.78 bits per heavy atom. The van der Waals surface area contributed by atoms with E-state index in [4.69, 9.17) is 10.7 Å². The van der Waals surface area contributed by atoms with E-state index in [9.17, 15) is 22.0 Å². The van der Waals surface area contributed by atoms with Crippen LogP contribution in [0.5, 0.6) is 0 Å². The fourth-order valence-electron chi connectivity index (χ4n) is 5.04. The average molecular weight is 670 g/mol. The van der Waals surface area contributed by atoms with Crippen LogP contribution in [0.15, 0.2) is 53.8 Å². The van der Waals surface area contributed by atoms with Gasteiger partial charge in [0.1, 0.15) is 18.3 Å². The molecule has 3 rings (SSSR count). The standard InChI is InChI=1S/C21H29F2N4P.C12H18F3N.C2H6/c1-12(2)19-18(14-8-15(10-22)17(23)16(28)9-14)25-20-21(4,5)27(13(3)11-24)7-6-26(19)20;1-5-9(2)11(4)16-7-6-10(3)12(14,15)8-13;1-2/h8-9,12H,3,6-7,10-11,24,28H2,1-2,4-5H3;6-7,9H,3,5,8H2,1-2,4H3;1-2H3/b;7-6-,16-11?;. The molecule has 2 unspecified atom stereocenters. The van der Waals surface area contributed by atoms with E-state index in [0.29, 0.717) is 17.8 Å². The summed E-state index contributed by atoms with van der Waals surface area (Å²) >= 11 is 0. The molecule has 0 fully saturated rings. The van der Waals surface area contributed by atoms with Gasteiger partial charge in [0.25, 0.3) is 0 Å². The van der Waals surface area contributed by atoms with E-state index in [0.717, 1.165) is 59.8 Å². The van der Waals surface area contributed by atoms with Crippen LogP contribution in [0.3, 0.4) is 0 Å². The molecule has 11 heteroatoms. The minimum absolute atomic E-state index is 0.0561. The van der Waals surface area contributed by atoms with Gasteiger partial charge < -0.3 is 15.2 Å². The van der Waals surface area contributed by atoms with Gasteiger partial charge in [-0.2, -0.15) is 8.78 Å². The van der Waals surface area contributed by atoms with Gasteiger partial charge in [-0.15, -0.1) is 9.24 Å². The van der Waals surface area contributed by atoms with Crippen LogP contribution < -0.4 is 11.0 Å². The highest BCUT2D eigenvalue weighted by atomic mass is 31.0. The third-order valence-electron chi connectivity index (χ3n) is 8.05. The summed E-state index contributed by atoms with van der Waals surface area (Å²) in [4.78, 5) is 11.2. The summed E-state index contributed by atoms with van der Waals surface area (Å²) in [7, 11) is 2.36. The highest BCUT2D eigenvalue weighted by Crippen LogP contribution is 2.40. The Balaban J connectivity index is 0.000000504. The first-order valence-electron chi connectivity index (χ1n) is 15.7. The Morgan fingerprint density at radius 3 is 2.28 bits per heavy atom. The Hall–Kier alpha value is -2.84. The van der Waals surface area contributed by atoms with Crippen molar-refractivity contribution in [2.75, 3.05) is 19.8 Å². The van der Waals surface area contributed by atoms with Crippen LogP contribution in [0, 0.1) is 11.7 Å². The van der Waals surface area contributed by atoms with Crippen LogP contribution >= 0.6 is 9.24 Å². The molecule has 0 aliphatic carbocycles. The lowest BCUT2D eigenvalue weighted by molar-refractivity contribution is 0.0192. The van der Waals surface area contributed by atoms with Crippen molar-refractivity contribution in [1.82, 2.24) is 14.5 Å². The number of aromatic nitrogens is 2. The van der Waals surface area contributed by atoms with Gasteiger partial charge in [-0.3, -0.25) is 4.99 Å². The largest absolute Gasteiger partial charge is 0.360 e. The number of alkyl halides is 4. The first-order chi connectivity index (χ1) is 21.5. The molecular weight excluding hydrogens is 616 g/mol. The summed E-state index contributed by atoms with van der Waals surface area (Å²) in [5.41, 5.74) is 9.30.